The first-order valence-electron chi connectivity index (χ1n) is 15.7. The number of benzene rings is 3. The number of hydrogen-bond acceptors (Lipinski definition) is 8. The first-order valence-corrected chi connectivity index (χ1v) is 16.6. The first-order chi connectivity index (χ1) is 22.5. The number of aromatic amines is 1. The van der Waals surface area contributed by atoms with Crippen molar-refractivity contribution in [1.29, 1.82) is 0 Å². The average Bonchev–Trinajstić information content (AvgIpc) is 3.62. The van der Waals surface area contributed by atoms with Crippen molar-refractivity contribution in [1.82, 2.24) is 25.8 Å². The highest BCUT2D eigenvalue weighted by Gasteiger charge is 2.32. The number of hydrogen-bond donors (Lipinski definition) is 4. The van der Waals surface area contributed by atoms with Crippen molar-refractivity contribution in [3.8, 4) is 11.1 Å². The number of carbonyl (C=O) groups excluding carboxylic acids is 2. The number of rotatable bonds is 15. The van der Waals surface area contributed by atoms with E-state index in [1.807, 2.05) is 48.5 Å². The molecule has 1 aliphatic heterocycles. The van der Waals surface area contributed by atoms with E-state index in [-0.39, 0.29) is 30.6 Å². The zero-order valence-corrected chi connectivity index (χ0v) is 26.8. The minimum atomic E-state index is -0.544. The number of aliphatic hydroxyl groups is 1. The smallest absolute Gasteiger partial charge is 0.220 e. The van der Waals surface area contributed by atoms with Gasteiger partial charge in [-0.1, -0.05) is 84.9 Å². The summed E-state index contributed by atoms with van der Waals surface area (Å²) in [5, 5.41) is 22.8. The molecule has 1 fully saturated rings. The number of ether oxygens (including phenoxy) is 2. The molecule has 0 bridgehead atoms. The summed E-state index contributed by atoms with van der Waals surface area (Å²) in [4.78, 5) is 27.5. The molecule has 1 aliphatic rings. The molecule has 1 aromatic heterocycles. The van der Waals surface area contributed by atoms with Gasteiger partial charge in [-0.25, -0.2) is 4.98 Å². The lowest BCUT2D eigenvalue weighted by molar-refractivity contribution is -0.245. The van der Waals surface area contributed by atoms with Gasteiger partial charge in [0.25, 0.3) is 0 Å². The largest absolute Gasteiger partial charge is 0.392 e. The Morgan fingerprint density at radius 3 is 2.48 bits per heavy atom. The third-order valence-electron chi connectivity index (χ3n) is 7.80. The number of unbranched alkanes of at least 4 members (excludes halogenated alkanes) is 2. The van der Waals surface area contributed by atoms with Gasteiger partial charge in [0.05, 0.1) is 18.8 Å². The van der Waals surface area contributed by atoms with Crippen LogP contribution in [0.1, 0.15) is 73.7 Å². The molecule has 5 rings (SSSR count). The van der Waals surface area contributed by atoms with Gasteiger partial charge >= 0.3 is 0 Å². The van der Waals surface area contributed by atoms with E-state index < -0.39 is 6.29 Å². The van der Waals surface area contributed by atoms with Gasteiger partial charge in [-0.05, 0) is 46.7 Å². The van der Waals surface area contributed by atoms with Crippen LogP contribution in [0.25, 0.3) is 11.1 Å². The molecule has 1 saturated heterocycles. The lowest BCUT2D eigenvalue weighted by Crippen LogP contribution is -2.31. The predicted octanol–water partition coefficient (Wildman–Crippen LogP) is 5.61. The summed E-state index contributed by atoms with van der Waals surface area (Å²) in [6.07, 6.45) is 4.44. The molecular weight excluding hydrogens is 602 g/mol. The summed E-state index contributed by atoms with van der Waals surface area (Å²) in [6, 6.07) is 24.3. The second kappa shape index (κ2) is 17.0. The van der Waals surface area contributed by atoms with Gasteiger partial charge < -0.3 is 25.2 Å². The molecule has 4 N–H and O–H groups in total. The number of aromatic nitrogens is 3. The van der Waals surface area contributed by atoms with Crippen molar-refractivity contribution in [2.75, 3.05) is 12.3 Å². The number of thioether (sulfide) groups is 1. The van der Waals surface area contributed by atoms with E-state index in [0.29, 0.717) is 31.7 Å². The van der Waals surface area contributed by atoms with Crippen molar-refractivity contribution in [3.63, 3.8) is 0 Å². The van der Waals surface area contributed by atoms with Crippen LogP contribution in [0.15, 0.2) is 84.3 Å². The molecule has 0 spiro atoms. The van der Waals surface area contributed by atoms with E-state index in [0.717, 1.165) is 57.8 Å². The number of H-pyrrole nitrogens is 1. The molecular formula is C35H41N5O5S. The van der Waals surface area contributed by atoms with Gasteiger partial charge in [0, 0.05) is 44.2 Å². The quantitative estimate of drug-likeness (QED) is 0.0969. The van der Waals surface area contributed by atoms with Crippen molar-refractivity contribution in [2.45, 2.75) is 75.8 Å². The van der Waals surface area contributed by atoms with E-state index in [2.05, 4.69) is 50.1 Å². The topological polar surface area (TPSA) is 138 Å². The predicted molar refractivity (Wildman–Crippen MR) is 176 cm³/mol. The molecule has 2 heterocycles. The summed E-state index contributed by atoms with van der Waals surface area (Å²) in [7, 11) is 0. The van der Waals surface area contributed by atoms with Crippen LogP contribution in [-0.2, 0) is 32.2 Å². The van der Waals surface area contributed by atoms with E-state index >= 15 is 0 Å². The second-order valence-electron chi connectivity index (χ2n) is 11.3. The zero-order chi connectivity index (χ0) is 32.1. The molecule has 11 heteroatoms. The molecule has 46 heavy (non-hydrogen) atoms. The van der Waals surface area contributed by atoms with Crippen LogP contribution in [0.4, 0.5) is 0 Å². The summed E-state index contributed by atoms with van der Waals surface area (Å²) in [5.41, 5.74) is 5.98. The normalized spacial score (nSPS) is 17.8. The van der Waals surface area contributed by atoms with Gasteiger partial charge in [0.1, 0.15) is 6.33 Å². The monoisotopic (exact) mass is 643 g/mol. The van der Waals surface area contributed by atoms with Crippen LogP contribution in [0.5, 0.6) is 0 Å². The minimum absolute atomic E-state index is 0.000907. The number of amides is 2. The Morgan fingerprint density at radius 2 is 1.74 bits per heavy atom. The number of carbonyl (C=O) groups is 2. The highest BCUT2D eigenvalue weighted by Crippen LogP contribution is 2.39. The minimum Gasteiger partial charge on any atom is -0.392 e. The lowest BCUT2D eigenvalue weighted by Gasteiger charge is -2.36. The Hall–Kier alpha value is -4.03. The maximum atomic E-state index is 12.3. The Kier molecular flexibility index (Phi) is 12.4. The molecule has 3 atom stereocenters. The molecule has 0 saturated carbocycles. The van der Waals surface area contributed by atoms with Crippen molar-refractivity contribution < 1.29 is 24.2 Å². The van der Waals surface area contributed by atoms with Crippen LogP contribution < -0.4 is 10.6 Å². The fourth-order valence-corrected chi connectivity index (χ4v) is 6.09. The van der Waals surface area contributed by atoms with Gasteiger partial charge in [-0.2, -0.15) is 5.10 Å². The molecule has 10 nitrogen and oxygen atoms in total. The molecule has 0 unspecified atom stereocenters. The standard InChI is InChI=1S/C35H41N5O5S/c1-24(42)36-17-4-2-3-8-33(43)37-20-26-6-5-7-30(18-26)27-13-15-29(16-14-27)34-44-31(22-46-35-38-23-39-40-35)19-32(45-34)28-11-9-25(21-41)10-12-28/h5-7,9-16,18,23,31-32,34,41H,2-4,8,17,19-22H2,1H3,(H,36,42)(H,37,43)(H,38,39,40)/t31-,32+,34+/m0/s1. The van der Waals surface area contributed by atoms with E-state index in [9.17, 15) is 14.7 Å². The van der Waals surface area contributed by atoms with Crippen LogP contribution in [0, 0.1) is 0 Å². The van der Waals surface area contributed by atoms with Crippen molar-refractivity contribution >= 4 is 23.6 Å². The fraction of sp³-hybridized carbons (Fsp3) is 0.371. The molecule has 2 amide bonds. The van der Waals surface area contributed by atoms with Crippen LogP contribution in [0.3, 0.4) is 0 Å². The van der Waals surface area contributed by atoms with Crippen molar-refractivity contribution in [3.05, 3.63) is 101 Å². The Labute approximate surface area is 273 Å². The van der Waals surface area contributed by atoms with Crippen LogP contribution in [-0.4, -0.2) is 50.5 Å². The average molecular weight is 644 g/mol. The molecule has 4 aromatic rings. The van der Waals surface area contributed by atoms with Crippen LogP contribution in [0.2, 0.25) is 0 Å². The summed E-state index contributed by atoms with van der Waals surface area (Å²) >= 11 is 1.57. The van der Waals surface area contributed by atoms with E-state index in [1.54, 1.807) is 11.8 Å². The Bertz CT molecular complexity index is 1530. The summed E-state index contributed by atoms with van der Waals surface area (Å²) < 4.78 is 12.9. The highest BCUT2D eigenvalue weighted by atomic mass is 32.2. The maximum absolute atomic E-state index is 12.3. The molecule has 0 aliphatic carbocycles. The summed E-state index contributed by atoms with van der Waals surface area (Å²) in [5.74, 6) is 0.699. The first kappa shape index (κ1) is 33.3. The van der Waals surface area contributed by atoms with Crippen LogP contribution >= 0.6 is 11.8 Å². The van der Waals surface area contributed by atoms with Gasteiger partial charge in [-0.3, -0.25) is 14.7 Å². The summed E-state index contributed by atoms with van der Waals surface area (Å²) in [6.45, 7) is 2.63. The third-order valence-corrected chi connectivity index (χ3v) is 8.81. The zero-order valence-electron chi connectivity index (χ0n) is 26.0. The molecule has 242 valence electrons. The third kappa shape index (κ3) is 9.98. The molecule has 0 radical (unpaired) electrons. The van der Waals surface area contributed by atoms with Gasteiger partial charge in [0.15, 0.2) is 11.4 Å². The SMILES string of the molecule is CC(=O)NCCCCCC(=O)NCc1cccc(-c2ccc([C@@H]3O[C@H](CSc4ncn[nH]4)C[C@H](c4ccc(CO)cc4)O3)cc2)c1. The van der Waals surface area contributed by atoms with Crippen molar-refractivity contribution in [2.24, 2.45) is 0 Å². The Balaban J connectivity index is 1.19. The highest BCUT2D eigenvalue weighted by molar-refractivity contribution is 7.99. The van der Waals surface area contributed by atoms with Gasteiger partial charge in [0.2, 0.25) is 11.8 Å². The number of nitrogens with zero attached hydrogens (tertiary/aromatic N) is 2. The van der Waals surface area contributed by atoms with E-state index in [1.165, 1.54) is 13.3 Å². The molecule has 3 aromatic carbocycles. The maximum Gasteiger partial charge on any atom is 0.220 e. The van der Waals surface area contributed by atoms with E-state index in [4.69, 9.17) is 9.47 Å². The fourth-order valence-electron chi connectivity index (χ4n) is 5.29. The Morgan fingerprint density at radius 1 is 0.935 bits per heavy atom. The lowest BCUT2D eigenvalue weighted by atomic mass is 9.99. The number of aliphatic hydroxyl groups excluding tert-OH is 1. The second-order valence-corrected chi connectivity index (χ2v) is 12.4. The number of nitrogens with one attached hydrogen (secondary N) is 3. The van der Waals surface area contributed by atoms with Gasteiger partial charge in [-0.15, -0.1) is 0 Å².